The Morgan fingerprint density at radius 2 is 1.31 bits per heavy atom. The second-order valence-electron chi connectivity index (χ2n) is 8.96. The third-order valence-corrected chi connectivity index (χ3v) is 8.66. The third-order valence-electron chi connectivity index (χ3n) is 6.19. The van der Waals surface area contributed by atoms with Crippen molar-refractivity contribution in [1.82, 2.24) is 4.98 Å². The van der Waals surface area contributed by atoms with Gasteiger partial charge in [-0.1, -0.05) is 117 Å². The van der Waals surface area contributed by atoms with Crippen LogP contribution in [0.15, 0.2) is 120 Å². The van der Waals surface area contributed by atoms with Gasteiger partial charge in [0.05, 0.1) is 22.6 Å². The van der Waals surface area contributed by atoms with Crippen molar-refractivity contribution in [2.75, 3.05) is 0 Å². The van der Waals surface area contributed by atoms with E-state index in [1.165, 1.54) is 21.5 Å². The van der Waals surface area contributed by atoms with Crippen molar-refractivity contribution in [3.63, 3.8) is 0 Å². The fourth-order valence-electron chi connectivity index (χ4n) is 4.41. The lowest BCUT2D eigenvalue weighted by atomic mass is 10.0. The fraction of sp³-hybridized carbons (Fsp3) is 0.125. The van der Waals surface area contributed by atoms with Crippen molar-refractivity contribution in [2.24, 2.45) is 4.99 Å². The van der Waals surface area contributed by atoms with Gasteiger partial charge in [0, 0.05) is 10.7 Å². The predicted octanol–water partition coefficient (Wildman–Crippen LogP) is 7.26. The van der Waals surface area contributed by atoms with Crippen LogP contribution >= 0.6 is 7.92 Å². The number of hydrogen-bond donors (Lipinski definition) is 0. The van der Waals surface area contributed by atoms with E-state index in [-0.39, 0.29) is 0 Å². The van der Waals surface area contributed by atoms with Gasteiger partial charge in [-0.05, 0) is 49.1 Å². The minimum atomic E-state index is -0.742. The van der Waals surface area contributed by atoms with Gasteiger partial charge in [-0.15, -0.1) is 0 Å². The number of benzene rings is 4. The molecule has 0 aliphatic carbocycles. The van der Waals surface area contributed by atoms with E-state index in [1.807, 2.05) is 0 Å². The Labute approximate surface area is 209 Å². The van der Waals surface area contributed by atoms with Gasteiger partial charge in [0.15, 0.2) is 0 Å². The average Bonchev–Trinajstić information content (AvgIpc) is 2.90. The summed E-state index contributed by atoms with van der Waals surface area (Å²) < 4.78 is 0. The molecule has 0 unspecified atom stereocenters. The molecular weight excluding hydrogens is 443 g/mol. The maximum Gasteiger partial charge on any atom is 0.0849 e. The van der Waals surface area contributed by atoms with Crippen LogP contribution in [0.2, 0.25) is 0 Å². The summed E-state index contributed by atoms with van der Waals surface area (Å²) in [5.41, 5.74) is 5.17. The SMILES string of the molecule is CC(=Nc1ccccc1C(C)C)c1ccc2cccc(P(c3ccccc3)c3ccccc3)c2n1. The van der Waals surface area contributed by atoms with Gasteiger partial charge < -0.3 is 0 Å². The lowest BCUT2D eigenvalue weighted by molar-refractivity contribution is 0.867. The quantitative estimate of drug-likeness (QED) is 0.189. The van der Waals surface area contributed by atoms with Crippen LogP contribution in [-0.2, 0) is 0 Å². The van der Waals surface area contributed by atoms with E-state index in [4.69, 9.17) is 9.98 Å². The molecule has 0 radical (unpaired) electrons. The molecule has 4 aromatic carbocycles. The number of para-hydroxylation sites is 2. The molecule has 0 spiro atoms. The summed E-state index contributed by atoms with van der Waals surface area (Å²) in [6.45, 7) is 6.48. The van der Waals surface area contributed by atoms with Crippen molar-refractivity contribution in [1.29, 1.82) is 0 Å². The molecule has 35 heavy (non-hydrogen) atoms. The number of aliphatic imine (C=N–C) groups is 1. The Kier molecular flexibility index (Phi) is 6.84. The van der Waals surface area contributed by atoms with E-state index in [9.17, 15) is 0 Å². The molecule has 0 amide bonds. The fourth-order valence-corrected chi connectivity index (χ4v) is 6.83. The van der Waals surface area contributed by atoms with E-state index < -0.39 is 7.92 Å². The van der Waals surface area contributed by atoms with Crippen molar-refractivity contribution in [2.45, 2.75) is 26.7 Å². The summed E-state index contributed by atoms with van der Waals surface area (Å²) in [4.78, 5) is 10.2. The van der Waals surface area contributed by atoms with Crippen molar-refractivity contribution in [3.05, 3.63) is 127 Å². The highest BCUT2D eigenvalue weighted by Gasteiger charge is 2.19. The standard InChI is InChI=1S/C32H29N2P/c1-23(2)28-18-10-11-19-30(28)33-24(3)29-22-21-25-13-12-20-31(32(25)34-29)35(26-14-6-4-7-15-26)27-16-8-5-9-17-27/h4-23H,1-3H3. The number of fused-ring (bicyclic) bond motifs is 1. The zero-order chi connectivity index (χ0) is 24.2. The molecule has 1 heterocycles. The van der Waals surface area contributed by atoms with Crippen LogP contribution in [-0.4, -0.2) is 10.7 Å². The maximum absolute atomic E-state index is 5.20. The molecule has 0 fully saturated rings. The summed E-state index contributed by atoms with van der Waals surface area (Å²) >= 11 is 0. The lowest BCUT2D eigenvalue weighted by Gasteiger charge is -2.21. The van der Waals surface area contributed by atoms with Crippen LogP contribution in [0.3, 0.4) is 0 Å². The van der Waals surface area contributed by atoms with Crippen LogP contribution in [0.25, 0.3) is 10.9 Å². The third kappa shape index (κ3) is 4.94. The smallest absolute Gasteiger partial charge is 0.0849 e. The molecule has 0 atom stereocenters. The van der Waals surface area contributed by atoms with Crippen LogP contribution in [0.4, 0.5) is 5.69 Å². The van der Waals surface area contributed by atoms with Crippen LogP contribution in [0.5, 0.6) is 0 Å². The van der Waals surface area contributed by atoms with E-state index in [0.29, 0.717) is 5.92 Å². The van der Waals surface area contributed by atoms with Crippen molar-refractivity contribution < 1.29 is 0 Å². The molecule has 0 saturated carbocycles. The molecule has 3 heteroatoms. The highest BCUT2D eigenvalue weighted by Crippen LogP contribution is 2.35. The molecule has 1 aromatic heterocycles. The number of nitrogens with zero attached hydrogens (tertiary/aromatic N) is 2. The van der Waals surface area contributed by atoms with Gasteiger partial charge in [0.25, 0.3) is 0 Å². The second kappa shape index (κ2) is 10.3. The molecular formula is C32H29N2P. The zero-order valence-electron chi connectivity index (χ0n) is 20.4. The largest absolute Gasteiger partial charge is 0.251 e. The van der Waals surface area contributed by atoms with Gasteiger partial charge in [0.2, 0.25) is 0 Å². The minimum Gasteiger partial charge on any atom is -0.251 e. The Hall–Kier alpha value is -3.61. The summed E-state index contributed by atoms with van der Waals surface area (Å²) in [5, 5.41) is 5.07. The lowest BCUT2D eigenvalue weighted by Crippen LogP contribution is -2.22. The number of pyridine rings is 1. The van der Waals surface area contributed by atoms with Gasteiger partial charge in [-0.3, -0.25) is 4.99 Å². The van der Waals surface area contributed by atoms with Crippen LogP contribution in [0, 0.1) is 0 Å². The molecule has 172 valence electrons. The molecule has 0 N–H and O–H groups in total. The average molecular weight is 473 g/mol. The normalized spacial score (nSPS) is 12.0. The monoisotopic (exact) mass is 472 g/mol. The molecule has 5 aromatic rings. The molecule has 0 saturated heterocycles. The summed E-state index contributed by atoms with van der Waals surface area (Å²) in [5.74, 6) is 0.416. The Morgan fingerprint density at radius 3 is 1.97 bits per heavy atom. The molecule has 0 bridgehead atoms. The summed E-state index contributed by atoms with van der Waals surface area (Å²) in [6, 6.07) is 40.8. The molecule has 5 rings (SSSR count). The van der Waals surface area contributed by atoms with E-state index in [2.05, 4.69) is 136 Å². The van der Waals surface area contributed by atoms with Gasteiger partial charge in [0.1, 0.15) is 0 Å². The minimum absolute atomic E-state index is 0.416. The van der Waals surface area contributed by atoms with Gasteiger partial charge in [-0.25, -0.2) is 4.98 Å². The molecule has 0 aliphatic rings. The highest BCUT2D eigenvalue weighted by molar-refractivity contribution is 7.80. The Morgan fingerprint density at radius 1 is 0.686 bits per heavy atom. The first kappa shape index (κ1) is 23.1. The first-order chi connectivity index (χ1) is 17.1. The first-order valence-electron chi connectivity index (χ1n) is 12.1. The second-order valence-corrected chi connectivity index (χ2v) is 11.1. The maximum atomic E-state index is 5.20. The van der Waals surface area contributed by atoms with E-state index in [0.717, 1.165) is 28.0 Å². The van der Waals surface area contributed by atoms with Crippen molar-refractivity contribution >= 4 is 46.1 Å². The molecule has 0 aliphatic heterocycles. The number of hydrogen-bond acceptors (Lipinski definition) is 2. The van der Waals surface area contributed by atoms with E-state index >= 15 is 0 Å². The number of aromatic nitrogens is 1. The molecule has 2 nitrogen and oxygen atoms in total. The topological polar surface area (TPSA) is 25.2 Å². The Balaban J connectivity index is 1.66. The van der Waals surface area contributed by atoms with Crippen LogP contribution in [0.1, 0.15) is 37.9 Å². The van der Waals surface area contributed by atoms with Gasteiger partial charge in [-0.2, -0.15) is 0 Å². The first-order valence-corrected chi connectivity index (χ1v) is 13.4. The Bertz CT molecular complexity index is 1430. The zero-order valence-corrected chi connectivity index (χ0v) is 21.3. The van der Waals surface area contributed by atoms with Crippen molar-refractivity contribution in [3.8, 4) is 0 Å². The predicted molar refractivity (Wildman–Crippen MR) is 153 cm³/mol. The van der Waals surface area contributed by atoms with Crippen LogP contribution < -0.4 is 15.9 Å². The summed E-state index contributed by atoms with van der Waals surface area (Å²) in [7, 11) is -0.742. The highest BCUT2D eigenvalue weighted by atomic mass is 31.1. The number of rotatable bonds is 6. The summed E-state index contributed by atoms with van der Waals surface area (Å²) in [6.07, 6.45) is 0. The van der Waals surface area contributed by atoms with E-state index in [1.54, 1.807) is 0 Å². The van der Waals surface area contributed by atoms with Gasteiger partial charge >= 0.3 is 0 Å².